The summed E-state index contributed by atoms with van der Waals surface area (Å²) in [6.45, 7) is 0. The van der Waals surface area contributed by atoms with Crippen LogP contribution >= 0.6 is 0 Å². The molecule has 64 heavy (non-hydrogen) atoms. The molecule has 0 aromatic heterocycles. The van der Waals surface area contributed by atoms with Crippen molar-refractivity contribution in [3.05, 3.63) is 266 Å². The van der Waals surface area contributed by atoms with E-state index in [0.717, 1.165) is 45.3 Å². The Kier molecular flexibility index (Phi) is 10.3. The van der Waals surface area contributed by atoms with Gasteiger partial charge in [0.2, 0.25) is 0 Å². The van der Waals surface area contributed by atoms with Crippen LogP contribution in [0.25, 0.3) is 66.7 Å². The first-order valence-corrected chi connectivity index (χ1v) is 21.9. The Morgan fingerprint density at radius 2 is 0.500 bits per heavy atom. The van der Waals surface area contributed by atoms with Crippen LogP contribution in [0.15, 0.2) is 255 Å². The molecule has 2 nitrogen and oxygen atoms in total. The van der Waals surface area contributed by atoms with E-state index in [0.29, 0.717) is 0 Å². The highest BCUT2D eigenvalue weighted by atomic mass is 15.1. The van der Waals surface area contributed by atoms with E-state index in [9.17, 15) is 0 Å². The average Bonchev–Trinajstić information content (AvgIpc) is 3.37. The summed E-state index contributed by atoms with van der Waals surface area (Å²) < 4.78 is 0. The minimum atomic E-state index is 1.10. The lowest BCUT2D eigenvalue weighted by Crippen LogP contribution is -2.09. The van der Waals surface area contributed by atoms with Gasteiger partial charge in [-0.1, -0.05) is 188 Å². The SMILES string of the molecule is C(=Cc1ccc2cc(N(c3ccc(-c4ccccc4)cc3)c3ccc4ccccc4c3)ccc2c1)c1ccc(N(c2ccc(-c3ccccc3)cc2)c2ccc3ccccc3c2)cc1. The van der Waals surface area contributed by atoms with Gasteiger partial charge in [0.25, 0.3) is 0 Å². The fraction of sp³-hybridized carbons (Fsp3) is 0. The summed E-state index contributed by atoms with van der Waals surface area (Å²) in [5.41, 5.74) is 13.8. The molecule has 0 radical (unpaired) electrons. The van der Waals surface area contributed by atoms with E-state index in [-0.39, 0.29) is 0 Å². The molecule has 0 N–H and O–H groups in total. The summed E-state index contributed by atoms with van der Waals surface area (Å²) in [5, 5.41) is 7.28. The van der Waals surface area contributed by atoms with Gasteiger partial charge in [-0.05, 0) is 145 Å². The molecule has 0 spiro atoms. The molecule has 302 valence electrons. The molecule has 0 amide bonds. The van der Waals surface area contributed by atoms with Crippen molar-refractivity contribution in [1.29, 1.82) is 0 Å². The van der Waals surface area contributed by atoms with Crippen LogP contribution in [0.1, 0.15) is 11.1 Å². The molecule has 11 rings (SSSR count). The lowest BCUT2D eigenvalue weighted by molar-refractivity contribution is 1.29. The highest BCUT2D eigenvalue weighted by Crippen LogP contribution is 2.40. The maximum atomic E-state index is 2.36. The molecule has 0 atom stereocenters. The third kappa shape index (κ3) is 7.93. The van der Waals surface area contributed by atoms with Gasteiger partial charge < -0.3 is 9.80 Å². The summed E-state index contributed by atoms with van der Waals surface area (Å²) >= 11 is 0. The summed E-state index contributed by atoms with van der Waals surface area (Å²) in [5.74, 6) is 0. The van der Waals surface area contributed by atoms with Crippen LogP contribution in [0, 0.1) is 0 Å². The third-order valence-electron chi connectivity index (χ3n) is 12.2. The smallest absolute Gasteiger partial charge is 0.0468 e. The number of fused-ring (bicyclic) bond motifs is 3. The highest BCUT2D eigenvalue weighted by molar-refractivity contribution is 5.94. The summed E-state index contributed by atoms with van der Waals surface area (Å²) in [7, 11) is 0. The first kappa shape index (κ1) is 38.5. The highest BCUT2D eigenvalue weighted by Gasteiger charge is 2.16. The Labute approximate surface area is 374 Å². The molecule has 2 heteroatoms. The van der Waals surface area contributed by atoms with E-state index in [1.807, 2.05) is 0 Å². The molecule has 0 aliphatic rings. The van der Waals surface area contributed by atoms with Crippen molar-refractivity contribution in [2.24, 2.45) is 0 Å². The monoisotopic (exact) mass is 816 g/mol. The van der Waals surface area contributed by atoms with Crippen molar-refractivity contribution >= 4 is 78.6 Å². The van der Waals surface area contributed by atoms with Crippen molar-refractivity contribution in [2.45, 2.75) is 0 Å². The van der Waals surface area contributed by atoms with Crippen molar-refractivity contribution in [1.82, 2.24) is 0 Å². The average molecular weight is 817 g/mol. The van der Waals surface area contributed by atoms with Gasteiger partial charge in [-0.2, -0.15) is 0 Å². The van der Waals surface area contributed by atoms with E-state index in [2.05, 4.69) is 277 Å². The van der Waals surface area contributed by atoms with Gasteiger partial charge in [0.1, 0.15) is 0 Å². The van der Waals surface area contributed by atoms with Crippen LogP contribution in [0.5, 0.6) is 0 Å². The van der Waals surface area contributed by atoms with Gasteiger partial charge in [-0.15, -0.1) is 0 Å². The molecule has 0 bridgehead atoms. The zero-order valence-electron chi connectivity index (χ0n) is 35.3. The molecule has 0 saturated heterocycles. The summed E-state index contributed by atoms with van der Waals surface area (Å²) in [4.78, 5) is 4.70. The lowest BCUT2D eigenvalue weighted by Gasteiger charge is -2.26. The molecular formula is C62H44N2. The molecule has 11 aromatic rings. The van der Waals surface area contributed by atoms with Crippen molar-refractivity contribution in [3.8, 4) is 22.3 Å². The van der Waals surface area contributed by atoms with Crippen molar-refractivity contribution in [2.75, 3.05) is 9.80 Å². The summed E-state index contributed by atoms with van der Waals surface area (Å²) in [6, 6.07) is 91.8. The second-order valence-electron chi connectivity index (χ2n) is 16.3. The third-order valence-corrected chi connectivity index (χ3v) is 12.2. The summed E-state index contributed by atoms with van der Waals surface area (Å²) in [6.07, 6.45) is 4.41. The quantitative estimate of drug-likeness (QED) is 0.127. The number of nitrogens with zero attached hydrogens (tertiary/aromatic N) is 2. The Morgan fingerprint density at radius 1 is 0.203 bits per heavy atom. The van der Waals surface area contributed by atoms with E-state index in [1.165, 1.54) is 54.6 Å². The van der Waals surface area contributed by atoms with Crippen LogP contribution in [0.2, 0.25) is 0 Å². The number of rotatable bonds is 10. The Hall–Kier alpha value is -8.46. The predicted octanol–water partition coefficient (Wildman–Crippen LogP) is 17.6. The van der Waals surface area contributed by atoms with Gasteiger partial charge in [0, 0.05) is 34.1 Å². The maximum absolute atomic E-state index is 2.36. The first-order valence-electron chi connectivity index (χ1n) is 21.9. The predicted molar refractivity (Wildman–Crippen MR) is 275 cm³/mol. The molecule has 0 fully saturated rings. The second kappa shape index (κ2) is 17.1. The Bertz CT molecular complexity index is 3410. The van der Waals surface area contributed by atoms with Crippen molar-refractivity contribution in [3.63, 3.8) is 0 Å². The van der Waals surface area contributed by atoms with Crippen LogP contribution in [-0.2, 0) is 0 Å². The van der Waals surface area contributed by atoms with Gasteiger partial charge >= 0.3 is 0 Å². The minimum Gasteiger partial charge on any atom is -0.310 e. The lowest BCUT2D eigenvalue weighted by atomic mass is 10.0. The first-order chi connectivity index (χ1) is 31.7. The Balaban J connectivity index is 0.875. The van der Waals surface area contributed by atoms with Gasteiger partial charge in [0.15, 0.2) is 0 Å². The topological polar surface area (TPSA) is 6.48 Å². The maximum Gasteiger partial charge on any atom is 0.0468 e. The van der Waals surface area contributed by atoms with Gasteiger partial charge in [-0.25, -0.2) is 0 Å². The molecule has 0 aliphatic carbocycles. The molecular weight excluding hydrogens is 773 g/mol. The fourth-order valence-corrected chi connectivity index (χ4v) is 8.81. The number of hydrogen-bond donors (Lipinski definition) is 0. The molecule has 0 aliphatic heterocycles. The zero-order chi connectivity index (χ0) is 42.7. The number of benzene rings is 11. The van der Waals surface area contributed by atoms with Gasteiger partial charge in [0.05, 0.1) is 0 Å². The normalized spacial score (nSPS) is 11.4. The molecule has 0 heterocycles. The molecule has 0 saturated carbocycles. The van der Waals surface area contributed by atoms with Gasteiger partial charge in [-0.3, -0.25) is 0 Å². The Morgan fingerprint density at radius 3 is 0.984 bits per heavy atom. The molecule has 11 aromatic carbocycles. The van der Waals surface area contributed by atoms with Crippen LogP contribution in [-0.4, -0.2) is 0 Å². The minimum absolute atomic E-state index is 1.10. The van der Waals surface area contributed by atoms with E-state index in [4.69, 9.17) is 0 Å². The van der Waals surface area contributed by atoms with E-state index < -0.39 is 0 Å². The molecule has 0 unspecified atom stereocenters. The van der Waals surface area contributed by atoms with Crippen LogP contribution in [0.4, 0.5) is 34.1 Å². The van der Waals surface area contributed by atoms with E-state index in [1.54, 1.807) is 0 Å². The standard InChI is InChI=1S/C62H44N2/c1-3-11-47(12-4-1)51-25-34-58(35-26-51)63(60-38-29-49-15-7-9-17-53(49)42-60)57-32-22-45(23-33-57)19-20-46-21-24-56-44-62(40-31-55(56)41-46)64(61-39-30-50-16-8-10-18-54(50)43-61)59-36-27-52(28-37-59)48-13-5-2-6-14-48/h1-44H. The number of anilines is 6. The van der Waals surface area contributed by atoms with Crippen LogP contribution < -0.4 is 9.80 Å². The fourth-order valence-electron chi connectivity index (χ4n) is 8.81. The zero-order valence-corrected chi connectivity index (χ0v) is 35.3. The second-order valence-corrected chi connectivity index (χ2v) is 16.3. The van der Waals surface area contributed by atoms with E-state index >= 15 is 0 Å². The number of hydrogen-bond acceptors (Lipinski definition) is 2. The largest absolute Gasteiger partial charge is 0.310 e. The van der Waals surface area contributed by atoms with Crippen molar-refractivity contribution < 1.29 is 0 Å². The van der Waals surface area contributed by atoms with Crippen LogP contribution in [0.3, 0.4) is 0 Å².